The molecule has 11 heteroatoms. The Hall–Kier alpha value is -4.54. The molecule has 0 saturated heterocycles. The van der Waals surface area contributed by atoms with Crippen molar-refractivity contribution in [3.05, 3.63) is 64.3 Å². The Labute approximate surface area is 194 Å². The van der Waals surface area contributed by atoms with Crippen molar-refractivity contribution in [1.29, 1.82) is 0 Å². The van der Waals surface area contributed by atoms with E-state index in [-0.39, 0.29) is 22.9 Å². The molecule has 176 valence electrons. The molecule has 11 nitrogen and oxygen atoms in total. The van der Waals surface area contributed by atoms with E-state index in [4.69, 9.17) is 18.6 Å². The van der Waals surface area contributed by atoms with E-state index >= 15 is 0 Å². The van der Waals surface area contributed by atoms with Crippen LogP contribution in [0.15, 0.2) is 51.9 Å². The quantitative estimate of drug-likeness (QED) is 0.406. The van der Waals surface area contributed by atoms with E-state index in [0.29, 0.717) is 40.8 Å². The number of carbonyl (C=O) groups is 1. The molecule has 0 bridgehead atoms. The number of aromatic amines is 1. The summed E-state index contributed by atoms with van der Waals surface area (Å²) in [5.41, 5.74) is 0.940. The van der Waals surface area contributed by atoms with Crippen LogP contribution in [0, 0.1) is 0 Å². The van der Waals surface area contributed by atoms with Crippen LogP contribution in [0.5, 0.6) is 17.2 Å². The topological polar surface area (TPSA) is 134 Å². The van der Waals surface area contributed by atoms with Gasteiger partial charge in [0.2, 0.25) is 11.7 Å². The van der Waals surface area contributed by atoms with Crippen LogP contribution < -0.4 is 25.1 Å². The largest absolute Gasteiger partial charge is 0.493 e. The van der Waals surface area contributed by atoms with Crippen molar-refractivity contribution in [2.75, 3.05) is 26.6 Å². The highest BCUT2D eigenvalue weighted by molar-refractivity contribution is 6.05. The molecule has 0 aliphatic rings. The van der Waals surface area contributed by atoms with Crippen molar-refractivity contribution in [2.45, 2.75) is 13.3 Å². The Morgan fingerprint density at radius 3 is 2.44 bits per heavy atom. The van der Waals surface area contributed by atoms with E-state index in [9.17, 15) is 9.59 Å². The number of anilines is 1. The Morgan fingerprint density at radius 1 is 1.12 bits per heavy atom. The van der Waals surface area contributed by atoms with E-state index in [0.717, 1.165) is 0 Å². The maximum atomic E-state index is 13.2. The van der Waals surface area contributed by atoms with Crippen molar-refractivity contribution >= 4 is 11.7 Å². The summed E-state index contributed by atoms with van der Waals surface area (Å²) >= 11 is 0. The first-order valence-corrected chi connectivity index (χ1v) is 10.3. The van der Waals surface area contributed by atoms with Gasteiger partial charge in [0, 0.05) is 23.4 Å². The minimum Gasteiger partial charge on any atom is -0.493 e. The lowest BCUT2D eigenvalue weighted by Gasteiger charge is -2.14. The Kier molecular flexibility index (Phi) is 6.35. The Bertz CT molecular complexity index is 1350. The van der Waals surface area contributed by atoms with Crippen LogP contribution in [-0.4, -0.2) is 47.0 Å². The maximum Gasteiger partial charge on any atom is 0.257 e. The van der Waals surface area contributed by atoms with Gasteiger partial charge >= 0.3 is 0 Å². The monoisotopic (exact) mass is 465 g/mol. The van der Waals surface area contributed by atoms with Gasteiger partial charge in [0.15, 0.2) is 17.3 Å². The Morgan fingerprint density at radius 2 is 1.85 bits per heavy atom. The zero-order chi connectivity index (χ0) is 24.2. The minimum atomic E-state index is -0.472. The van der Waals surface area contributed by atoms with Gasteiger partial charge in [0.1, 0.15) is 11.5 Å². The number of H-pyrrole nitrogens is 1. The fourth-order valence-electron chi connectivity index (χ4n) is 3.35. The van der Waals surface area contributed by atoms with E-state index in [1.807, 2.05) is 6.92 Å². The molecule has 1 amide bonds. The minimum absolute atomic E-state index is 0.155. The van der Waals surface area contributed by atoms with Gasteiger partial charge in [0.05, 0.1) is 27.6 Å². The number of amides is 1. The molecular weight excluding hydrogens is 442 g/mol. The lowest BCUT2D eigenvalue weighted by molar-refractivity contribution is 0.102. The second-order valence-corrected chi connectivity index (χ2v) is 7.09. The second-order valence-electron chi connectivity index (χ2n) is 7.09. The first kappa shape index (κ1) is 22.6. The van der Waals surface area contributed by atoms with Gasteiger partial charge in [0.25, 0.3) is 11.5 Å². The molecule has 0 unspecified atom stereocenters. The predicted molar refractivity (Wildman–Crippen MR) is 123 cm³/mol. The molecule has 3 heterocycles. The van der Waals surface area contributed by atoms with E-state index in [1.54, 1.807) is 18.2 Å². The molecule has 0 atom stereocenters. The molecule has 0 aliphatic carbocycles. The number of ether oxygens (including phenoxy) is 3. The normalized spacial score (nSPS) is 10.7. The highest BCUT2D eigenvalue weighted by Crippen LogP contribution is 2.38. The fourth-order valence-corrected chi connectivity index (χ4v) is 3.35. The summed E-state index contributed by atoms with van der Waals surface area (Å²) in [4.78, 5) is 32.5. The van der Waals surface area contributed by atoms with Crippen LogP contribution >= 0.6 is 0 Å². The number of nitrogens with zero attached hydrogens (tertiary/aromatic N) is 3. The molecule has 0 aliphatic heterocycles. The van der Waals surface area contributed by atoms with Crippen molar-refractivity contribution < 1.29 is 23.4 Å². The zero-order valence-electron chi connectivity index (χ0n) is 19.0. The van der Waals surface area contributed by atoms with Crippen molar-refractivity contribution in [2.24, 2.45) is 0 Å². The smallest absolute Gasteiger partial charge is 0.257 e. The highest BCUT2D eigenvalue weighted by atomic mass is 16.5. The summed E-state index contributed by atoms with van der Waals surface area (Å²) in [7, 11) is 4.41. The summed E-state index contributed by atoms with van der Waals surface area (Å²) in [5, 5.41) is 7.30. The van der Waals surface area contributed by atoms with E-state index in [1.165, 1.54) is 50.5 Å². The third-order valence-corrected chi connectivity index (χ3v) is 5.00. The molecule has 0 saturated carbocycles. The first-order chi connectivity index (χ1) is 16.5. The molecule has 2 N–H and O–H groups in total. The second kappa shape index (κ2) is 9.53. The van der Waals surface area contributed by atoms with Gasteiger partial charge in [-0.05, 0) is 30.7 Å². The standard InChI is InChI=1S/C23H23N5O6/c1-5-14-11-20(29)26-23(24-14)28-19(12-15(27-28)16-7-6-8-34-16)25-22(30)13-9-17(31-2)21(33-4)18(10-13)32-3/h6-12H,5H2,1-4H3,(H,25,30)(H,24,26,29). The molecule has 34 heavy (non-hydrogen) atoms. The van der Waals surface area contributed by atoms with Crippen molar-refractivity contribution in [3.63, 3.8) is 0 Å². The first-order valence-electron chi connectivity index (χ1n) is 10.3. The zero-order valence-corrected chi connectivity index (χ0v) is 19.0. The molecule has 4 aromatic rings. The number of rotatable bonds is 8. The average molecular weight is 465 g/mol. The number of nitrogens with one attached hydrogen (secondary N) is 2. The number of hydrogen-bond donors (Lipinski definition) is 2. The van der Waals surface area contributed by atoms with E-state index < -0.39 is 5.91 Å². The molecule has 0 spiro atoms. The van der Waals surface area contributed by atoms with Crippen LogP contribution in [0.1, 0.15) is 23.0 Å². The van der Waals surface area contributed by atoms with Gasteiger partial charge in [-0.3, -0.25) is 14.6 Å². The summed E-state index contributed by atoms with van der Waals surface area (Å²) < 4.78 is 22.8. The fraction of sp³-hybridized carbons (Fsp3) is 0.217. The lowest BCUT2D eigenvalue weighted by Crippen LogP contribution is -2.19. The summed E-state index contributed by atoms with van der Waals surface area (Å²) in [5.74, 6) is 1.46. The maximum absolute atomic E-state index is 13.2. The van der Waals surface area contributed by atoms with Crippen LogP contribution in [0.25, 0.3) is 17.4 Å². The predicted octanol–water partition coefficient (Wildman–Crippen LogP) is 3.06. The van der Waals surface area contributed by atoms with E-state index in [2.05, 4.69) is 20.4 Å². The van der Waals surface area contributed by atoms with Gasteiger partial charge in [-0.15, -0.1) is 0 Å². The molecule has 0 fully saturated rings. The summed E-state index contributed by atoms with van der Waals surface area (Å²) in [6.07, 6.45) is 2.07. The number of aryl methyl sites for hydroxylation is 1. The number of carbonyl (C=O) groups excluding carboxylic acids is 1. The van der Waals surface area contributed by atoms with Gasteiger partial charge < -0.3 is 23.9 Å². The van der Waals surface area contributed by atoms with Gasteiger partial charge in [-0.2, -0.15) is 9.78 Å². The SMILES string of the molecule is CCc1cc(=O)[nH]c(-n2nc(-c3ccco3)cc2NC(=O)c2cc(OC)c(OC)c(OC)c2)n1. The summed E-state index contributed by atoms with van der Waals surface area (Å²) in [6, 6.07) is 9.55. The van der Waals surface area contributed by atoms with Crippen LogP contribution in [0.2, 0.25) is 0 Å². The highest BCUT2D eigenvalue weighted by Gasteiger charge is 2.21. The third kappa shape index (κ3) is 4.35. The van der Waals surface area contributed by atoms with Crippen LogP contribution in [-0.2, 0) is 6.42 Å². The Balaban J connectivity index is 1.78. The lowest BCUT2D eigenvalue weighted by atomic mass is 10.1. The summed E-state index contributed by atoms with van der Waals surface area (Å²) in [6.45, 7) is 1.88. The number of methoxy groups -OCH3 is 3. The van der Waals surface area contributed by atoms with Gasteiger partial charge in [-0.1, -0.05) is 6.92 Å². The molecule has 4 rings (SSSR count). The van der Waals surface area contributed by atoms with Gasteiger partial charge in [-0.25, -0.2) is 4.98 Å². The number of aromatic nitrogens is 4. The van der Waals surface area contributed by atoms with Crippen molar-refractivity contribution in [1.82, 2.24) is 19.7 Å². The third-order valence-electron chi connectivity index (χ3n) is 5.00. The van der Waals surface area contributed by atoms with Crippen LogP contribution in [0.4, 0.5) is 5.82 Å². The average Bonchev–Trinajstić information content (AvgIpc) is 3.52. The molecule has 0 radical (unpaired) electrons. The molecule has 1 aromatic carbocycles. The molecular formula is C23H23N5O6. The number of benzene rings is 1. The number of furan rings is 1. The molecule has 3 aromatic heterocycles. The van der Waals surface area contributed by atoms with Crippen molar-refractivity contribution in [3.8, 4) is 34.7 Å². The van der Waals surface area contributed by atoms with Crippen LogP contribution in [0.3, 0.4) is 0 Å². The number of hydrogen-bond acceptors (Lipinski definition) is 8.